The number of benzene rings is 1. The summed E-state index contributed by atoms with van der Waals surface area (Å²) in [6, 6.07) is 8.92. The van der Waals surface area contributed by atoms with Crippen molar-refractivity contribution in [2.45, 2.75) is 129 Å². The van der Waals surface area contributed by atoms with E-state index in [9.17, 15) is 4.79 Å². The SMILES string of the molecule is COc1ncnc2c([C@H]3[C@@H]4OC(C)(C)O[C@@H]4[C@@H](CO[Si](C)(C)C(C)(C)C)N3C(=O)OC(C)(C)C)c(C)n(COCc3ccccc3)c12. The Morgan fingerprint density at radius 3 is 2.30 bits per heavy atom. The molecule has 4 atom stereocenters. The number of ether oxygens (including phenoxy) is 5. The van der Waals surface area contributed by atoms with E-state index in [2.05, 4.69) is 38.8 Å². The molecule has 1 aromatic carbocycles. The molecule has 0 bridgehead atoms. The molecule has 4 heterocycles. The van der Waals surface area contributed by atoms with Gasteiger partial charge in [-0.1, -0.05) is 51.1 Å². The lowest BCUT2D eigenvalue weighted by Gasteiger charge is -2.40. The molecule has 11 nitrogen and oxygen atoms in total. The second-order valence-electron chi connectivity index (χ2n) is 15.5. The van der Waals surface area contributed by atoms with Crippen molar-refractivity contribution in [1.82, 2.24) is 19.4 Å². The standard InChI is InChI=1S/C35H52N4O7Si/c1-22-25(26-28(31(41-10)37-20-36-26)38(22)21-42-18-23-16-14-13-15-17-23)27-30-29(44-35(8,9)45-30)24(19-43-47(11,12)34(5,6)7)39(27)32(40)46-33(2,3)4/h13-17,20,24,27,29-30H,18-19,21H2,1-12H3/t24-,27+,29-,30+/m1/s1. The van der Waals surface area contributed by atoms with Crippen LogP contribution in [-0.2, 0) is 36.7 Å². The Hall–Kier alpha value is -3.03. The van der Waals surface area contributed by atoms with Crippen LogP contribution in [0, 0.1) is 6.92 Å². The molecule has 3 aromatic rings. The van der Waals surface area contributed by atoms with Gasteiger partial charge in [-0.25, -0.2) is 9.78 Å². The van der Waals surface area contributed by atoms with Crippen LogP contribution in [0.5, 0.6) is 5.88 Å². The molecule has 47 heavy (non-hydrogen) atoms. The number of fused-ring (bicyclic) bond motifs is 2. The van der Waals surface area contributed by atoms with Crippen LogP contribution in [0.3, 0.4) is 0 Å². The van der Waals surface area contributed by atoms with E-state index in [0.717, 1.165) is 16.8 Å². The highest BCUT2D eigenvalue weighted by Gasteiger charge is 2.61. The van der Waals surface area contributed by atoms with Gasteiger partial charge in [-0.3, -0.25) is 4.90 Å². The fourth-order valence-corrected chi connectivity index (χ4v) is 7.24. The van der Waals surface area contributed by atoms with Crippen LogP contribution < -0.4 is 4.74 Å². The second-order valence-corrected chi connectivity index (χ2v) is 20.3. The van der Waals surface area contributed by atoms with Gasteiger partial charge in [0.25, 0.3) is 0 Å². The molecule has 2 aliphatic heterocycles. The van der Waals surface area contributed by atoms with Crippen LogP contribution in [-0.4, -0.2) is 77.2 Å². The molecule has 0 aliphatic carbocycles. The van der Waals surface area contributed by atoms with E-state index in [-0.39, 0.29) is 18.4 Å². The molecule has 2 aliphatic rings. The lowest BCUT2D eigenvalue weighted by molar-refractivity contribution is -0.168. The normalized spacial score (nSPS) is 22.9. The first kappa shape index (κ1) is 35.3. The fourth-order valence-electron chi connectivity index (χ4n) is 6.22. The molecule has 0 radical (unpaired) electrons. The van der Waals surface area contributed by atoms with Crippen molar-refractivity contribution in [2.24, 2.45) is 0 Å². The Bertz CT molecular complexity index is 1580. The van der Waals surface area contributed by atoms with E-state index < -0.39 is 50.1 Å². The molecule has 258 valence electrons. The average Bonchev–Trinajstić information content (AvgIpc) is 3.54. The van der Waals surface area contributed by atoms with Gasteiger partial charge in [0.05, 0.1) is 32.4 Å². The highest BCUT2D eigenvalue weighted by atomic mass is 28.4. The third-order valence-corrected chi connectivity index (χ3v) is 14.0. The summed E-state index contributed by atoms with van der Waals surface area (Å²) < 4.78 is 40.1. The first-order chi connectivity index (χ1) is 21.9. The summed E-state index contributed by atoms with van der Waals surface area (Å²) in [5, 5.41) is -0.0231. The van der Waals surface area contributed by atoms with Crippen molar-refractivity contribution in [1.29, 1.82) is 0 Å². The van der Waals surface area contributed by atoms with E-state index in [1.807, 2.05) is 76.4 Å². The maximum Gasteiger partial charge on any atom is 0.411 e. The Balaban J connectivity index is 1.64. The monoisotopic (exact) mass is 668 g/mol. The number of hydrogen-bond acceptors (Lipinski definition) is 9. The molecular weight excluding hydrogens is 616 g/mol. The maximum atomic E-state index is 14.3. The van der Waals surface area contributed by atoms with Crippen LogP contribution in [0.2, 0.25) is 18.1 Å². The number of methoxy groups -OCH3 is 1. The first-order valence-electron chi connectivity index (χ1n) is 16.4. The maximum absolute atomic E-state index is 14.3. The third kappa shape index (κ3) is 7.07. The zero-order valence-corrected chi connectivity index (χ0v) is 31.0. The molecule has 2 saturated heterocycles. The van der Waals surface area contributed by atoms with Crippen molar-refractivity contribution in [2.75, 3.05) is 13.7 Å². The highest BCUT2D eigenvalue weighted by Crippen LogP contribution is 2.51. The molecule has 0 N–H and O–H groups in total. The third-order valence-electron chi connectivity index (χ3n) is 9.47. The van der Waals surface area contributed by atoms with Crippen molar-refractivity contribution >= 4 is 25.4 Å². The Morgan fingerprint density at radius 2 is 1.68 bits per heavy atom. The number of nitrogens with zero attached hydrogens (tertiary/aromatic N) is 4. The molecule has 0 unspecified atom stereocenters. The van der Waals surface area contributed by atoms with Crippen LogP contribution in [0.25, 0.3) is 11.0 Å². The topological polar surface area (TPSA) is 106 Å². The molecule has 2 fully saturated rings. The van der Waals surface area contributed by atoms with Gasteiger partial charge in [-0.05, 0) is 65.2 Å². The Labute approximate surface area is 280 Å². The Morgan fingerprint density at radius 1 is 1.02 bits per heavy atom. The van der Waals surface area contributed by atoms with Crippen molar-refractivity contribution < 1.29 is 32.9 Å². The molecule has 2 aromatic heterocycles. The highest BCUT2D eigenvalue weighted by molar-refractivity contribution is 6.74. The lowest BCUT2D eigenvalue weighted by Crippen LogP contribution is -2.50. The van der Waals surface area contributed by atoms with E-state index in [4.69, 9.17) is 33.1 Å². The van der Waals surface area contributed by atoms with Crippen molar-refractivity contribution in [3.05, 3.63) is 53.5 Å². The summed E-state index contributed by atoms with van der Waals surface area (Å²) in [5.74, 6) is -0.464. The smallest absolute Gasteiger partial charge is 0.411 e. The van der Waals surface area contributed by atoms with E-state index in [1.54, 1.807) is 12.0 Å². The van der Waals surface area contributed by atoms with Crippen LogP contribution in [0.1, 0.15) is 78.3 Å². The molecular formula is C35H52N4O7Si. The van der Waals surface area contributed by atoms with Gasteiger partial charge < -0.3 is 32.7 Å². The van der Waals surface area contributed by atoms with E-state index in [1.165, 1.54) is 6.33 Å². The number of amides is 1. The lowest BCUT2D eigenvalue weighted by atomic mass is 10.00. The van der Waals surface area contributed by atoms with Gasteiger partial charge >= 0.3 is 6.09 Å². The van der Waals surface area contributed by atoms with Crippen molar-refractivity contribution in [3.8, 4) is 5.88 Å². The zero-order chi connectivity index (χ0) is 34.5. The molecule has 0 saturated carbocycles. The predicted octanol–water partition coefficient (Wildman–Crippen LogP) is 7.12. The number of carbonyl (C=O) groups is 1. The van der Waals surface area contributed by atoms with Gasteiger partial charge in [-0.15, -0.1) is 0 Å². The summed E-state index contributed by atoms with van der Waals surface area (Å²) in [4.78, 5) is 25.3. The molecule has 1 amide bonds. The predicted molar refractivity (Wildman–Crippen MR) is 182 cm³/mol. The largest absolute Gasteiger partial charge is 0.479 e. The van der Waals surface area contributed by atoms with Gasteiger partial charge in [0, 0.05) is 11.3 Å². The van der Waals surface area contributed by atoms with Gasteiger partial charge in [0.2, 0.25) is 5.88 Å². The van der Waals surface area contributed by atoms with Crippen molar-refractivity contribution in [3.63, 3.8) is 0 Å². The van der Waals surface area contributed by atoms with Crippen LogP contribution in [0.4, 0.5) is 4.79 Å². The number of rotatable bonds is 9. The number of aromatic nitrogens is 3. The second kappa shape index (κ2) is 12.8. The Kier molecular flexibility index (Phi) is 9.59. The van der Waals surface area contributed by atoms with Crippen LogP contribution in [0.15, 0.2) is 36.7 Å². The summed E-state index contributed by atoms with van der Waals surface area (Å²) in [6.45, 7) is 23.4. The minimum atomic E-state index is -2.20. The summed E-state index contributed by atoms with van der Waals surface area (Å²) in [5.41, 5.74) is 3.31. The quantitative estimate of drug-likeness (QED) is 0.220. The molecule has 0 spiro atoms. The van der Waals surface area contributed by atoms with Gasteiger partial charge in [-0.2, -0.15) is 4.98 Å². The summed E-state index contributed by atoms with van der Waals surface area (Å²) >= 11 is 0. The van der Waals surface area contributed by atoms with E-state index in [0.29, 0.717) is 23.5 Å². The molecule has 12 heteroatoms. The minimum absolute atomic E-state index is 0.0231. The number of carbonyl (C=O) groups excluding carboxylic acids is 1. The minimum Gasteiger partial charge on any atom is -0.479 e. The fraction of sp³-hybridized carbons (Fsp3) is 0.629. The zero-order valence-electron chi connectivity index (χ0n) is 30.0. The number of likely N-dealkylation sites (tertiary alicyclic amines) is 1. The average molecular weight is 669 g/mol. The number of hydrogen-bond donors (Lipinski definition) is 0. The van der Waals surface area contributed by atoms with Crippen LogP contribution >= 0.6 is 0 Å². The molecule has 5 rings (SSSR count). The summed E-state index contributed by atoms with van der Waals surface area (Å²) in [6.07, 6.45) is 0.0300. The van der Waals surface area contributed by atoms with E-state index >= 15 is 0 Å². The first-order valence-corrected chi connectivity index (χ1v) is 19.3. The van der Waals surface area contributed by atoms with Gasteiger partial charge in [0.1, 0.15) is 41.9 Å². The summed E-state index contributed by atoms with van der Waals surface area (Å²) in [7, 11) is -0.618. The van der Waals surface area contributed by atoms with Gasteiger partial charge in [0.15, 0.2) is 14.1 Å².